The molecule has 0 spiro atoms. The van der Waals surface area contributed by atoms with Crippen LogP contribution in [0.2, 0.25) is 5.02 Å². The summed E-state index contributed by atoms with van der Waals surface area (Å²) in [4.78, 5) is 23.1. The zero-order valence-electron chi connectivity index (χ0n) is 12.2. The summed E-state index contributed by atoms with van der Waals surface area (Å²) in [5.41, 5.74) is 1.63. The summed E-state index contributed by atoms with van der Waals surface area (Å²) >= 11 is 5.64. The van der Waals surface area contributed by atoms with Gasteiger partial charge in [-0.25, -0.2) is 14.0 Å². The van der Waals surface area contributed by atoms with Crippen molar-refractivity contribution >= 4 is 29.3 Å². The van der Waals surface area contributed by atoms with Crippen molar-refractivity contribution in [2.24, 2.45) is 0 Å². The maximum absolute atomic E-state index is 13.0. The first kappa shape index (κ1) is 16.8. The van der Waals surface area contributed by atoms with Gasteiger partial charge in [-0.3, -0.25) is 0 Å². The number of carbonyl (C=O) groups is 2. The fourth-order valence-electron chi connectivity index (χ4n) is 1.81. The minimum atomic E-state index is -0.552. The quantitative estimate of drug-likeness (QED) is 0.838. The summed E-state index contributed by atoms with van der Waals surface area (Å²) in [6.45, 7) is 0.266. The number of urea groups is 1. The molecule has 0 saturated carbocycles. The first-order chi connectivity index (χ1) is 11.0. The van der Waals surface area contributed by atoms with Crippen LogP contribution in [-0.2, 0) is 11.3 Å². The van der Waals surface area contributed by atoms with Crippen molar-refractivity contribution in [3.05, 3.63) is 64.4 Å². The van der Waals surface area contributed by atoms with Crippen molar-refractivity contribution in [2.75, 3.05) is 12.4 Å². The van der Waals surface area contributed by atoms with E-state index in [0.29, 0.717) is 11.3 Å². The highest BCUT2D eigenvalue weighted by atomic mass is 35.5. The van der Waals surface area contributed by atoms with Crippen LogP contribution in [-0.4, -0.2) is 19.1 Å². The Hall–Kier alpha value is -2.60. The van der Waals surface area contributed by atoms with E-state index in [9.17, 15) is 14.0 Å². The van der Waals surface area contributed by atoms with Gasteiger partial charge >= 0.3 is 12.0 Å². The largest absolute Gasteiger partial charge is 0.465 e. The highest BCUT2D eigenvalue weighted by Gasteiger charge is 2.07. The molecule has 0 aliphatic carbocycles. The van der Waals surface area contributed by atoms with Gasteiger partial charge in [0.15, 0.2) is 0 Å². The predicted molar refractivity (Wildman–Crippen MR) is 85.0 cm³/mol. The molecule has 2 rings (SSSR count). The maximum atomic E-state index is 13.0. The highest BCUT2D eigenvalue weighted by molar-refractivity contribution is 6.31. The van der Waals surface area contributed by atoms with Crippen molar-refractivity contribution in [1.29, 1.82) is 0 Å². The third kappa shape index (κ3) is 4.69. The molecule has 2 aromatic rings. The van der Waals surface area contributed by atoms with Crippen LogP contribution in [0, 0.1) is 5.82 Å². The summed E-state index contributed by atoms with van der Waals surface area (Å²) < 4.78 is 17.6. The Morgan fingerprint density at radius 1 is 1.17 bits per heavy atom. The minimum Gasteiger partial charge on any atom is -0.465 e. The van der Waals surface area contributed by atoms with Crippen LogP contribution in [0.3, 0.4) is 0 Å². The van der Waals surface area contributed by atoms with Crippen LogP contribution in [0.1, 0.15) is 15.9 Å². The van der Waals surface area contributed by atoms with Gasteiger partial charge in [-0.2, -0.15) is 0 Å². The van der Waals surface area contributed by atoms with E-state index in [1.165, 1.54) is 25.3 Å². The fourth-order valence-corrected chi connectivity index (χ4v) is 1.99. The molecule has 0 saturated heterocycles. The molecule has 2 N–H and O–H groups in total. The van der Waals surface area contributed by atoms with Crippen LogP contribution in [0.25, 0.3) is 0 Å². The molecule has 2 amide bonds. The average molecular weight is 337 g/mol. The number of esters is 1. The first-order valence-corrected chi connectivity index (χ1v) is 7.04. The van der Waals surface area contributed by atoms with Gasteiger partial charge in [0.25, 0.3) is 0 Å². The van der Waals surface area contributed by atoms with E-state index >= 15 is 0 Å². The number of hydrogen-bond acceptors (Lipinski definition) is 3. The lowest BCUT2D eigenvalue weighted by atomic mass is 10.1. The van der Waals surface area contributed by atoms with E-state index in [1.54, 1.807) is 24.3 Å². The molecule has 0 heterocycles. The highest BCUT2D eigenvalue weighted by Crippen LogP contribution is 2.19. The van der Waals surface area contributed by atoms with E-state index < -0.39 is 17.8 Å². The third-order valence-electron chi connectivity index (χ3n) is 3.01. The van der Waals surface area contributed by atoms with Gasteiger partial charge in [0.1, 0.15) is 5.82 Å². The maximum Gasteiger partial charge on any atom is 0.337 e. The van der Waals surface area contributed by atoms with Gasteiger partial charge in [-0.15, -0.1) is 0 Å². The number of carbonyl (C=O) groups excluding carboxylic acids is 2. The Kier molecular flexibility index (Phi) is 5.54. The molecule has 0 bridgehead atoms. The Balaban J connectivity index is 1.88. The molecule has 7 heteroatoms. The normalized spacial score (nSPS) is 10.0. The van der Waals surface area contributed by atoms with Crippen LogP contribution >= 0.6 is 11.6 Å². The first-order valence-electron chi connectivity index (χ1n) is 6.67. The number of halogens is 2. The second-order valence-corrected chi connectivity index (χ2v) is 5.03. The Morgan fingerprint density at radius 2 is 1.87 bits per heavy atom. The second-order valence-electron chi connectivity index (χ2n) is 4.63. The number of anilines is 1. The Labute approximate surface area is 137 Å². The van der Waals surface area contributed by atoms with E-state index in [4.69, 9.17) is 11.6 Å². The fraction of sp³-hybridized carbons (Fsp3) is 0.125. The molecule has 0 atom stereocenters. The van der Waals surface area contributed by atoms with E-state index in [1.807, 2.05) is 0 Å². The molecule has 0 aliphatic heterocycles. The summed E-state index contributed by atoms with van der Waals surface area (Å²) in [7, 11) is 1.31. The monoisotopic (exact) mass is 336 g/mol. The van der Waals surface area contributed by atoms with Crippen molar-refractivity contribution in [2.45, 2.75) is 6.54 Å². The molecule has 23 heavy (non-hydrogen) atoms. The Morgan fingerprint density at radius 3 is 2.48 bits per heavy atom. The van der Waals surface area contributed by atoms with Gasteiger partial charge in [0.05, 0.1) is 17.7 Å². The van der Waals surface area contributed by atoms with Crippen molar-refractivity contribution < 1.29 is 18.7 Å². The molecule has 0 fully saturated rings. The van der Waals surface area contributed by atoms with Gasteiger partial charge in [0, 0.05) is 12.2 Å². The minimum absolute atomic E-state index is 0.0683. The van der Waals surface area contributed by atoms with Crippen LogP contribution in [0.4, 0.5) is 14.9 Å². The molecule has 120 valence electrons. The van der Waals surface area contributed by atoms with Crippen molar-refractivity contribution in [1.82, 2.24) is 5.32 Å². The summed E-state index contributed by atoms with van der Waals surface area (Å²) in [6.07, 6.45) is 0. The molecule has 5 nitrogen and oxygen atoms in total. The van der Waals surface area contributed by atoms with Crippen LogP contribution < -0.4 is 10.6 Å². The average Bonchev–Trinajstić information content (AvgIpc) is 2.56. The van der Waals surface area contributed by atoms with Crippen molar-refractivity contribution in [3.63, 3.8) is 0 Å². The lowest BCUT2D eigenvalue weighted by Gasteiger charge is -2.08. The van der Waals surface area contributed by atoms with E-state index in [-0.39, 0.29) is 11.6 Å². The van der Waals surface area contributed by atoms with E-state index in [0.717, 1.165) is 5.56 Å². The number of benzene rings is 2. The number of hydrogen-bond donors (Lipinski definition) is 2. The van der Waals surface area contributed by atoms with Gasteiger partial charge in [-0.05, 0) is 35.9 Å². The lowest BCUT2D eigenvalue weighted by molar-refractivity contribution is 0.0600. The molecule has 0 unspecified atom stereocenters. The number of rotatable bonds is 4. The molecular formula is C16H14ClFN2O3. The molecule has 0 aliphatic rings. The predicted octanol–water partition coefficient (Wildman–Crippen LogP) is 3.59. The topological polar surface area (TPSA) is 67.4 Å². The zero-order chi connectivity index (χ0) is 16.8. The SMILES string of the molecule is COC(=O)c1ccc(CNC(=O)Nc2ccc(F)c(Cl)c2)cc1. The summed E-state index contributed by atoms with van der Waals surface area (Å²) in [6, 6.07) is 10.1. The molecular weight excluding hydrogens is 323 g/mol. The number of amides is 2. The smallest absolute Gasteiger partial charge is 0.337 e. The lowest BCUT2D eigenvalue weighted by Crippen LogP contribution is -2.28. The van der Waals surface area contributed by atoms with Crippen LogP contribution in [0.15, 0.2) is 42.5 Å². The number of nitrogens with one attached hydrogen (secondary N) is 2. The number of ether oxygens (including phenoxy) is 1. The molecule has 0 aromatic heterocycles. The van der Waals surface area contributed by atoms with Crippen molar-refractivity contribution in [3.8, 4) is 0 Å². The summed E-state index contributed by atoms with van der Waals surface area (Å²) in [5.74, 6) is -0.973. The zero-order valence-corrected chi connectivity index (χ0v) is 13.0. The molecule has 0 radical (unpaired) electrons. The Bertz CT molecular complexity index is 720. The third-order valence-corrected chi connectivity index (χ3v) is 3.30. The van der Waals surface area contributed by atoms with Crippen LogP contribution in [0.5, 0.6) is 0 Å². The van der Waals surface area contributed by atoms with Gasteiger partial charge < -0.3 is 15.4 Å². The second kappa shape index (κ2) is 7.60. The number of methoxy groups -OCH3 is 1. The standard InChI is InChI=1S/C16H14ClFN2O3/c1-23-15(21)11-4-2-10(3-5-11)9-19-16(22)20-12-6-7-14(18)13(17)8-12/h2-8H,9H2,1H3,(H2,19,20,22). The van der Waals surface area contributed by atoms with Gasteiger partial charge in [-0.1, -0.05) is 23.7 Å². The summed E-state index contributed by atoms with van der Waals surface area (Å²) in [5, 5.41) is 5.12. The van der Waals surface area contributed by atoms with E-state index in [2.05, 4.69) is 15.4 Å². The van der Waals surface area contributed by atoms with Gasteiger partial charge in [0.2, 0.25) is 0 Å². The molecule has 2 aromatic carbocycles.